The highest BCUT2D eigenvalue weighted by Crippen LogP contribution is 2.31. The van der Waals surface area contributed by atoms with Crippen LogP contribution in [0.5, 0.6) is 5.75 Å². The minimum atomic E-state index is -0.0128. The highest BCUT2D eigenvalue weighted by Gasteiger charge is 2.25. The molecule has 66 valence electrons. The smallest absolute Gasteiger partial charge is 0.231 e. The number of Topliss-reactive ketones (excluding diaryl/α,β-unsaturated/α-hetero) is 1. The highest BCUT2D eigenvalue weighted by atomic mass is 16.5. The van der Waals surface area contributed by atoms with Gasteiger partial charge in [-0.15, -0.1) is 0 Å². The van der Waals surface area contributed by atoms with E-state index in [-0.39, 0.29) is 5.78 Å². The molecule has 0 amide bonds. The van der Waals surface area contributed by atoms with Gasteiger partial charge in [0.1, 0.15) is 5.75 Å². The third-order valence-corrected chi connectivity index (χ3v) is 2.09. The van der Waals surface area contributed by atoms with Crippen molar-refractivity contribution >= 4 is 5.78 Å². The van der Waals surface area contributed by atoms with Crippen LogP contribution in [-0.2, 0) is 0 Å². The van der Waals surface area contributed by atoms with E-state index in [2.05, 4.69) is 0 Å². The summed E-state index contributed by atoms with van der Waals surface area (Å²) in [6, 6.07) is 5.62. The average Bonchev–Trinajstić information content (AvgIpc) is 2.44. The van der Waals surface area contributed by atoms with E-state index in [1.807, 2.05) is 25.1 Å². The lowest BCUT2D eigenvalue weighted by molar-refractivity contribution is 0.101. The van der Waals surface area contributed by atoms with E-state index in [4.69, 9.17) is 4.74 Å². The van der Waals surface area contributed by atoms with Crippen molar-refractivity contribution < 1.29 is 9.53 Å². The first-order chi connectivity index (χ1) is 6.22. The van der Waals surface area contributed by atoms with Crippen LogP contribution in [0.3, 0.4) is 0 Å². The van der Waals surface area contributed by atoms with Gasteiger partial charge >= 0.3 is 0 Å². The number of carbonyl (C=O) groups is 1. The van der Waals surface area contributed by atoms with Gasteiger partial charge in [0.05, 0.1) is 5.56 Å². The third kappa shape index (κ3) is 1.15. The van der Waals surface area contributed by atoms with E-state index >= 15 is 0 Å². The number of fused-ring (bicyclic) bond motifs is 1. The highest BCUT2D eigenvalue weighted by molar-refractivity contribution is 6.12. The molecule has 0 aromatic heterocycles. The first-order valence-electron chi connectivity index (χ1n) is 4.22. The normalized spacial score (nSPS) is 17.4. The summed E-state index contributed by atoms with van der Waals surface area (Å²) in [5.41, 5.74) is 1.75. The summed E-state index contributed by atoms with van der Waals surface area (Å²) < 4.78 is 5.33. The van der Waals surface area contributed by atoms with Crippen molar-refractivity contribution in [3.05, 3.63) is 41.2 Å². The van der Waals surface area contributed by atoms with Crippen LogP contribution >= 0.6 is 0 Å². The molecule has 1 aromatic rings. The van der Waals surface area contributed by atoms with Crippen molar-refractivity contribution in [1.82, 2.24) is 0 Å². The Morgan fingerprint density at radius 3 is 2.85 bits per heavy atom. The summed E-state index contributed by atoms with van der Waals surface area (Å²) in [6.07, 6.45) is 1.69. The van der Waals surface area contributed by atoms with Crippen molar-refractivity contribution in [2.75, 3.05) is 0 Å². The predicted octanol–water partition coefficient (Wildman–Crippen LogP) is 2.47. The Morgan fingerprint density at radius 1 is 1.38 bits per heavy atom. The molecule has 0 aliphatic carbocycles. The van der Waals surface area contributed by atoms with E-state index in [1.165, 1.54) is 0 Å². The van der Waals surface area contributed by atoms with Gasteiger partial charge in [0.2, 0.25) is 5.78 Å². The summed E-state index contributed by atoms with van der Waals surface area (Å²) in [4.78, 5) is 11.6. The van der Waals surface area contributed by atoms with E-state index in [1.54, 1.807) is 13.0 Å². The number of benzene rings is 1. The monoisotopic (exact) mass is 174 g/mol. The molecule has 0 N–H and O–H groups in total. The van der Waals surface area contributed by atoms with Crippen molar-refractivity contribution in [2.45, 2.75) is 13.8 Å². The van der Waals surface area contributed by atoms with E-state index < -0.39 is 0 Å². The molecule has 0 saturated heterocycles. The molecule has 0 radical (unpaired) electrons. The van der Waals surface area contributed by atoms with Gasteiger partial charge in [-0.25, -0.2) is 0 Å². The molecule has 0 spiro atoms. The molecular formula is C11H10O2. The van der Waals surface area contributed by atoms with Crippen LogP contribution in [-0.4, -0.2) is 5.78 Å². The summed E-state index contributed by atoms with van der Waals surface area (Å²) in [6.45, 7) is 3.76. The first-order valence-corrected chi connectivity index (χ1v) is 4.22. The van der Waals surface area contributed by atoms with E-state index in [0.717, 1.165) is 5.56 Å². The van der Waals surface area contributed by atoms with Crippen LogP contribution < -0.4 is 4.74 Å². The van der Waals surface area contributed by atoms with Crippen LogP contribution in [0.2, 0.25) is 0 Å². The lowest BCUT2D eigenvalue weighted by atomic mass is 10.1. The number of carbonyl (C=O) groups excluding carboxylic acids is 1. The first kappa shape index (κ1) is 8.05. The molecule has 0 bridgehead atoms. The standard InChI is InChI=1S/C11H10O2/c1-3-9-11(12)8-6-7(2)4-5-10(8)13-9/h3-6H,1-2H3/b9-3+. The Labute approximate surface area is 76.8 Å². The van der Waals surface area contributed by atoms with Crippen molar-refractivity contribution in [1.29, 1.82) is 0 Å². The fourth-order valence-electron chi connectivity index (χ4n) is 1.40. The fourth-order valence-corrected chi connectivity index (χ4v) is 1.40. The maximum Gasteiger partial charge on any atom is 0.231 e. The molecule has 2 rings (SSSR count). The summed E-state index contributed by atoms with van der Waals surface area (Å²) in [5.74, 6) is 1.09. The predicted molar refractivity (Wildman–Crippen MR) is 49.9 cm³/mol. The lowest BCUT2D eigenvalue weighted by Crippen LogP contribution is -1.97. The largest absolute Gasteiger partial charge is 0.453 e. The SMILES string of the molecule is C/C=C1/Oc2ccc(C)cc2C1=O. The van der Waals surface area contributed by atoms with Crippen LogP contribution in [0.15, 0.2) is 30.0 Å². The number of ketones is 1. The fraction of sp³-hybridized carbons (Fsp3) is 0.182. The molecule has 0 atom stereocenters. The van der Waals surface area contributed by atoms with Crippen LogP contribution in [0.4, 0.5) is 0 Å². The molecule has 1 aromatic carbocycles. The summed E-state index contributed by atoms with van der Waals surface area (Å²) >= 11 is 0. The minimum absolute atomic E-state index is 0.0128. The quantitative estimate of drug-likeness (QED) is 0.565. The number of hydrogen-bond acceptors (Lipinski definition) is 2. The number of rotatable bonds is 0. The van der Waals surface area contributed by atoms with Gasteiger partial charge in [0.15, 0.2) is 5.76 Å². The van der Waals surface area contributed by atoms with Gasteiger partial charge in [-0.2, -0.15) is 0 Å². The zero-order valence-corrected chi connectivity index (χ0v) is 7.63. The Bertz CT molecular complexity index is 403. The maximum atomic E-state index is 11.6. The number of allylic oxidation sites excluding steroid dienone is 2. The molecule has 0 fully saturated rings. The van der Waals surface area contributed by atoms with Gasteiger partial charge in [-0.3, -0.25) is 4.79 Å². The van der Waals surface area contributed by atoms with Gasteiger partial charge in [0, 0.05) is 0 Å². The third-order valence-electron chi connectivity index (χ3n) is 2.09. The molecule has 2 nitrogen and oxygen atoms in total. The lowest BCUT2D eigenvalue weighted by Gasteiger charge is -1.96. The second-order valence-electron chi connectivity index (χ2n) is 3.08. The number of hydrogen-bond donors (Lipinski definition) is 0. The van der Waals surface area contributed by atoms with Gasteiger partial charge in [0.25, 0.3) is 0 Å². The molecule has 0 unspecified atom stereocenters. The molecule has 1 aliphatic rings. The van der Waals surface area contributed by atoms with Gasteiger partial charge < -0.3 is 4.74 Å². The number of aryl methyl sites for hydroxylation is 1. The molecule has 1 aliphatic heterocycles. The zero-order valence-electron chi connectivity index (χ0n) is 7.63. The minimum Gasteiger partial charge on any atom is -0.453 e. The second-order valence-corrected chi connectivity index (χ2v) is 3.08. The molecule has 2 heteroatoms. The molecular weight excluding hydrogens is 164 g/mol. The number of ether oxygens (including phenoxy) is 1. The van der Waals surface area contributed by atoms with Crippen LogP contribution in [0.25, 0.3) is 0 Å². The van der Waals surface area contributed by atoms with Gasteiger partial charge in [-0.1, -0.05) is 11.6 Å². The zero-order chi connectivity index (χ0) is 9.42. The molecule has 0 saturated carbocycles. The van der Waals surface area contributed by atoms with E-state index in [0.29, 0.717) is 17.1 Å². The maximum absolute atomic E-state index is 11.6. The average molecular weight is 174 g/mol. The Hall–Kier alpha value is -1.57. The topological polar surface area (TPSA) is 26.3 Å². The second kappa shape index (κ2) is 2.73. The molecule has 1 heterocycles. The van der Waals surface area contributed by atoms with Crippen LogP contribution in [0.1, 0.15) is 22.8 Å². The summed E-state index contributed by atoms with van der Waals surface area (Å²) in [5, 5.41) is 0. The summed E-state index contributed by atoms with van der Waals surface area (Å²) in [7, 11) is 0. The Morgan fingerprint density at radius 2 is 2.15 bits per heavy atom. The Kier molecular flexibility index (Phi) is 1.69. The van der Waals surface area contributed by atoms with E-state index in [9.17, 15) is 4.79 Å². The van der Waals surface area contributed by atoms with Crippen molar-refractivity contribution in [3.8, 4) is 5.75 Å². The Balaban J connectivity index is 2.57. The van der Waals surface area contributed by atoms with Crippen LogP contribution in [0, 0.1) is 6.92 Å². The van der Waals surface area contributed by atoms with Crippen molar-refractivity contribution in [2.24, 2.45) is 0 Å². The molecule has 13 heavy (non-hydrogen) atoms. The van der Waals surface area contributed by atoms with Crippen molar-refractivity contribution in [3.63, 3.8) is 0 Å². The van der Waals surface area contributed by atoms with Gasteiger partial charge in [-0.05, 0) is 32.1 Å².